The van der Waals surface area contributed by atoms with Gasteiger partial charge in [0.15, 0.2) is 0 Å². The minimum absolute atomic E-state index is 0.146. The fourth-order valence-corrected chi connectivity index (χ4v) is 5.36. The topological polar surface area (TPSA) is 82.4 Å². The molecule has 1 aromatic carbocycles. The summed E-state index contributed by atoms with van der Waals surface area (Å²) in [6.45, 7) is 7.83. The molecule has 3 heterocycles. The van der Waals surface area contributed by atoms with Crippen LogP contribution in [0.3, 0.4) is 0 Å². The van der Waals surface area contributed by atoms with E-state index in [9.17, 15) is 10.1 Å². The minimum Gasteiger partial charge on any atom is -0.309 e. The molecular weight excluding hydrogens is 412 g/mol. The predicted molar refractivity (Wildman–Crippen MR) is 123 cm³/mol. The molecule has 150 valence electrons. The number of aromatic nitrogens is 3. The number of nitriles is 1. The molecule has 1 atom stereocenters. The minimum atomic E-state index is -0.162. The lowest BCUT2D eigenvalue weighted by Crippen LogP contribution is -2.12. The molecule has 5 nitrogen and oxygen atoms in total. The van der Waals surface area contributed by atoms with Gasteiger partial charge in [0.2, 0.25) is 0 Å². The van der Waals surface area contributed by atoms with Gasteiger partial charge < -0.3 is 4.98 Å². The number of thioether (sulfide) groups is 1. The fraction of sp³-hybridized carbons (Fsp3) is 0.217. The highest BCUT2D eigenvalue weighted by Crippen LogP contribution is 2.37. The van der Waals surface area contributed by atoms with Crippen molar-refractivity contribution in [2.75, 3.05) is 0 Å². The van der Waals surface area contributed by atoms with Crippen LogP contribution in [0.1, 0.15) is 40.4 Å². The smallest absolute Gasteiger partial charge is 0.260 e. The van der Waals surface area contributed by atoms with Crippen molar-refractivity contribution in [3.05, 3.63) is 74.3 Å². The van der Waals surface area contributed by atoms with E-state index in [-0.39, 0.29) is 10.8 Å². The van der Waals surface area contributed by atoms with Gasteiger partial charge in [0, 0.05) is 16.6 Å². The molecule has 1 N–H and O–H groups in total. The third kappa shape index (κ3) is 3.53. The van der Waals surface area contributed by atoms with Crippen LogP contribution in [0.25, 0.3) is 21.3 Å². The van der Waals surface area contributed by atoms with Crippen molar-refractivity contribution in [3.8, 4) is 17.2 Å². The summed E-state index contributed by atoms with van der Waals surface area (Å²) in [6, 6.07) is 12.1. The van der Waals surface area contributed by atoms with Crippen LogP contribution in [-0.2, 0) is 0 Å². The van der Waals surface area contributed by atoms with Crippen LogP contribution in [0, 0.1) is 32.1 Å². The molecule has 0 saturated carbocycles. The Morgan fingerprint density at radius 2 is 1.87 bits per heavy atom. The number of aryl methyl sites for hydroxylation is 1. The number of fused-ring (bicyclic) bond motifs is 1. The summed E-state index contributed by atoms with van der Waals surface area (Å²) in [5.41, 5.74) is 5.22. The number of nitrogens with one attached hydrogen (secondary N) is 1. The fourth-order valence-electron chi connectivity index (χ4n) is 3.34. The molecule has 0 saturated heterocycles. The quantitative estimate of drug-likeness (QED) is 0.419. The van der Waals surface area contributed by atoms with Gasteiger partial charge >= 0.3 is 0 Å². The summed E-state index contributed by atoms with van der Waals surface area (Å²) in [5, 5.41) is 12.7. The highest BCUT2D eigenvalue weighted by Gasteiger charge is 2.20. The van der Waals surface area contributed by atoms with Crippen molar-refractivity contribution in [1.29, 1.82) is 5.26 Å². The Morgan fingerprint density at radius 1 is 1.13 bits per heavy atom. The molecule has 0 aliphatic heterocycles. The van der Waals surface area contributed by atoms with Crippen LogP contribution in [0.2, 0.25) is 0 Å². The lowest BCUT2D eigenvalue weighted by Gasteiger charge is -2.14. The van der Waals surface area contributed by atoms with Crippen LogP contribution >= 0.6 is 23.1 Å². The second-order valence-corrected chi connectivity index (χ2v) is 9.33. The van der Waals surface area contributed by atoms with Crippen molar-refractivity contribution >= 4 is 33.3 Å². The molecule has 0 aliphatic carbocycles. The lowest BCUT2D eigenvalue weighted by atomic mass is 10.1. The Labute approximate surface area is 182 Å². The maximum absolute atomic E-state index is 12.9. The highest BCUT2D eigenvalue weighted by molar-refractivity contribution is 7.99. The van der Waals surface area contributed by atoms with Crippen LogP contribution in [0.5, 0.6) is 0 Å². The first-order chi connectivity index (χ1) is 14.4. The molecule has 7 heteroatoms. The Morgan fingerprint density at radius 3 is 2.57 bits per heavy atom. The average Bonchev–Trinajstić information content (AvgIpc) is 3.18. The number of hydrogen-bond donors (Lipinski definition) is 1. The molecule has 0 amide bonds. The first kappa shape index (κ1) is 20.3. The predicted octanol–water partition coefficient (Wildman–Crippen LogP) is 5.70. The van der Waals surface area contributed by atoms with Gasteiger partial charge in [-0.3, -0.25) is 4.79 Å². The van der Waals surface area contributed by atoms with Crippen LogP contribution in [0.15, 0.2) is 45.5 Å². The normalized spacial score (nSPS) is 12.1. The summed E-state index contributed by atoms with van der Waals surface area (Å²) in [4.78, 5) is 25.9. The zero-order valence-corrected chi connectivity index (χ0v) is 18.7. The summed E-state index contributed by atoms with van der Waals surface area (Å²) < 4.78 is 0. The second-order valence-electron chi connectivity index (χ2n) is 7.15. The lowest BCUT2D eigenvalue weighted by molar-refractivity contribution is 0.915. The first-order valence-corrected chi connectivity index (χ1v) is 11.3. The number of nitrogens with zero attached hydrogens (tertiary/aromatic N) is 3. The molecule has 4 rings (SSSR count). The summed E-state index contributed by atoms with van der Waals surface area (Å²) in [7, 11) is 0. The second kappa shape index (κ2) is 8.05. The van der Waals surface area contributed by atoms with E-state index in [4.69, 9.17) is 4.98 Å². The van der Waals surface area contributed by atoms with Gasteiger partial charge in [-0.05, 0) is 44.4 Å². The van der Waals surface area contributed by atoms with Gasteiger partial charge in [0.25, 0.3) is 5.56 Å². The summed E-state index contributed by atoms with van der Waals surface area (Å²) >= 11 is 2.91. The molecule has 4 aromatic rings. The van der Waals surface area contributed by atoms with E-state index in [1.807, 2.05) is 63.4 Å². The molecule has 30 heavy (non-hydrogen) atoms. The summed E-state index contributed by atoms with van der Waals surface area (Å²) in [6.07, 6.45) is 0. The van der Waals surface area contributed by atoms with Gasteiger partial charge in [-0.15, -0.1) is 11.3 Å². The van der Waals surface area contributed by atoms with E-state index >= 15 is 0 Å². The molecule has 0 bridgehead atoms. The van der Waals surface area contributed by atoms with Crippen molar-refractivity contribution in [3.63, 3.8) is 0 Å². The molecule has 0 spiro atoms. The van der Waals surface area contributed by atoms with Crippen molar-refractivity contribution < 1.29 is 0 Å². The largest absolute Gasteiger partial charge is 0.309 e. The summed E-state index contributed by atoms with van der Waals surface area (Å²) in [5.74, 6) is 0.584. The molecule has 0 aliphatic rings. The van der Waals surface area contributed by atoms with E-state index in [2.05, 4.69) is 16.0 Å². The van der Waals surface area contributed by atoms with Gasteiger partial charge in [-0.25, -0.2) is 9.97 Å². The number of pyridine rings is 1. The van der Waals surface area contributed by atoms with Gasteiger partial charge in [-0.2, -0.15) is 5.26 Å². The van der Waals surface area contributed by atoms with Crippen LogP contribution in [0.4, 0.5) is 0 Å². The number of hydrogen-bond acceptors (Lipinski definition) is 6. The van der Waals surface area contributed by atoms with Gasteiger partial charge in [0.1, 0.15) is 21.7 Å². The SMILES string of the molecule is Cc1nc(SC(C)c2nc3scc(-c4ccccc4)c3c(=O)[nH]2)c(C#N)c(C)c1C. The van der Waals surface area contributed by atoms with E-state index in [0.29, 0.717) is 26.6 Å². The Hall–Kier alpha value is -2.95. The standard InChI is InChI=1S/C23H20N4OS2/c1-12-13(2)17(10-24)22(25-14(12)3)30-15(4)20-26-21(28)19-18(11-29-23(19)27-20)16-8-6-5-7-9-16/h5-9,11,15H,1-4H3,(H,26,27,28). The van der Waals surface area contributed by atoms with Crippen molar-refractivity contribution in [2.24, 2.45) is 0 Å². The van der Waals surface area contributed by atoms with Gasteiger partial charge in [-0.1, -0.05) is 42.1 Å². The zero-order chi connectivity index (χ0) is 21.4. The third-order valence-corrected chi connectivity index (χ3v) is 7.26. The van der Waals surface area contributed by atoms with Crippen LogP contribution in [-0.4, -0.2) is 15.0 Å². The number of thiophene rings is 1. The molecular formula is C23H20N4OS2. The number of benzene rings is 1. The molecule has 0 fully saturated rings. The van der Waals surface area contributed by atoms with Crippen molar-refractivity contribution in [1.82, 2.24) is 15.0 Å². The monoisotopic (exact) mass is 432 g/mol. The zero-order valence-electron chi connectivity index (χ0n) is 17.1. The van der Waals surface area contributed by atoms with E-state index in [1.54, 1.807) is 0 Å². The Bertz CT molecular complexity index is 1350. The number of H-pyrrole nitrogens is 1. The van der Waals surface area contributed by atoms with E-state index in [1.165, 1.54) is 23.1 Å². The highest BCUT2D eigenvalue weighted by atomic mass is 32.2. The van der Waals surface area contributed by atoms with Crippen LogP contribution < -0.4 is 5.56 Å². The first-order valence-electron chi connectivity index (χ1n) is 9.52. The molecule has 0 radical (unpaired) electrons. The molecule has 1 unspecified atom stereocenters. The third-order valence-electron chi connectivity index (χ3n) is 5.30. The maximum atomic E-state index is 12.9. The number of rotatable bonds is 4. The van der Waals surface area contributed by atoms with Gasteiger partial charge in [0.05, 0.1) is 16.2 Å². The maximum Gasteiger partial charge on any atom is 0.260 e. The van der Waals surface area contributed by atoms with E-state index in [0.717, 1.165) is 27.9 Å². The van der Waals surface area contributed by atoms with Crippen molar-refractivity contribution in [2.45, 2.75) is 38.0 Å². The molecule has 3 aromatic heterocycles. The Balaban J connectivity index is 1.73. The number of aromatic amines is 1. The Kier molecular flexibility index (Phi) is 5.46. The average molecular weight is 433 g/mol. The van der Waals surface area contributed by atoms with E-state index < -0.39 is 0 Å².